The summed E-state index contributed by atoms with van der Waals surface area (Å²) < 4.78 is 13.2. The van der Waals surface area contributed by atoms with Crippen LogP contribution in [-0.4, -0.2) is 48.3 Å². The van der Waals surface area contributed by atoms with E-state index in [1.165, 1.54) is 24.3 Å². The quantitative estimate of drug-likeness (QED) is 0.577. The highest BCUT2D eigenvalue weighted by Gasteiger charge is 2.51. The molecule has 2 rings (SSSR count). The Morgan fingerprint density at radius 3 is 2.37 bits per heavy atom. The monoisotopic (exact) mass is 378 g/mol. The largest absolute Gasteiger partial charge is 0.355 e. The second kappa shape index (κ2) is 8.61. The summed E-state index contributed by atoms with van der Waals surface area (Å²) in [6, 6.07) is 4.56. The Balaban J connectivity index is 2.05. The van der Waals surface area contributed by atoms with Crippen LogP contribution in [0.5, 0.6) is 0 Å². The van der Waals surface area contributed by atoms with Gasteiger partial charge in [-0.25, -0.2) is 9.18 Å². The van der Waals surface area contributed by atoms with E-state index in [0.717, 1.165) is 11.3 Å². The van der Waals surface area contributed by atoms with Gasteiger partial charge in [0.25, 0.3) is 5.91 Å². The van der Waals surface area contributed by atoms with Gasteiger partial charge in [0.15, 0.2) is 0 Å². The Morgan fingerprint density at radius 2 is 1.78 bits per heavy atom. The molecule has 8 nitrogen and oxygen atoms in total. The molecule has 0 unspecified atom stereocenters. The molecule has 27 heavy (non-hydrogen) atoms. The first-order valence-corrected chi connectivity index (χ1v) is 8.77. The summed E-state index contributed by atoms with van der Waals surface area (Å²) in [5.74, 6) is -2.03. The maximum Gasteiger partial charge on any atom is 0.325 e. The molecule has 9 heteroatoms. The highest BCUT2D eigenvalue weighted by atomic mass is 19.1. The van der Waals surface area contributed by atoms with Crippen LogP contribution in [0.15, 0.2) is 24.3 Å². The zero-order valence-electron chi connectivity index (χ0n) is 15.3. The Kier molecular flexibility index (Phi) is 6.49. The molecular weight excluding hydrogens is 355 g/mol. The topological polar surface area (TPSA) is 108 Å². The lowest BCUT2D eigenvalue weighted by atomic mass is 9.87. The maximum absolute atomic E-state index is 13.2. The number of hydrogen-bond donors (Lipinski definition) is 3. The van der Waals surface area contributed by atoms with E-state index in [9.17, 15) is 23.6 Å². The number of nitrogens with zero attached hydrogens (tertiary/aromatic N) is 1. The SMILES string of the molecule is CCCNC(=O)CNC(=O)CN1C(=O)N[C@](CC)(c2ccc(F)cc2)C1=O. The van der Waals surface area contributed by atoms with Gasteiger partial charge in [-0.05, 0) is 30.5 Å². The van der Waals surface area contributed by atoms with Crippen molar-refractivity contribution >= 4 is 23.8 Å². The van der Waals surface area contributed by atoms with Crippen molar-refractivity contribution in [1.29, 1.82) is 0 Å². The van der Waals surface area contributed by atoms with Gasteiger partial charge < -0.3 is 16.0 Å². The Hall–Kier alpha value is -2.97. The van der Waals surface area contributed by atoms with Gasteiger partial charge >= 0.3 is 6.03 Å². The summed E-state index contributed by atoms with van der Waals surface area (Å²) in [5, 5.41) is 7.59. The van der Waals surface area contributed by atoms with Crippen LogP contribution in [-0.2, 0) is 19.9 Å². The third-order valence-corrected chi connectivity index (χ3v) is 4.36. The van der Waals surface area contributed by atoms with Crippen LogP contribution in [0.4, 0.5) is 9.18 Å². The Morgan fingerprint density at radius 1 is 1.11 bits per heavy atom. The molecule has 1 aliphatic heterocycles. The van der Waals surface area contributed by atoms with Crippen molar-refractivity contribution < 1.29 is 23.6 Å². The molecule has 0 radical (unpaired) electrons. The predicted octanol–water partition coefficient (Wildman–Crippen LogP) is 0.625. The third-order valence-electron chi connectivity index (χ3n) is 4.36. The number of benzene rings is 1. The van der Waals surface area contributed by atoms with Crippen molar-refractivity contribution in [2.75, 3.05) is 19.6 Å². The Labute approximate surface area is 156 Å². The molecule has 0 aromatic heterocycles. The summed E-state index contributed by atoms with van der Waals surface area (Å²) >= 11 is 0. The molecule has 1 saturated heterocycles. The third kappa shape index (κ3) is 4.42. The second-order valence-electron chi connectivity index (χ2n) is 6.21. The lowest BCUT2D eigenvalue weighted by Gasteiger charge is -2.25. The molecule has 0 saturated carbocycles. The van der Waals surface area contributed by atoms with Gasteiger partial charge in [-0.3, -0.25) is 19.3 Å². The average molecular weight is 378 g/mol. The first-order chi connectivity index (χ1) is 12.8. The normalized spacial score (nSPS) is 19.0. The summed E-state index contributed by atoms with van der Waals surface area (Å²) in [4.78, 5) is 49.5. The number of urea groups is 1. The highest BCUT2D eigenvalue weighted by molar-refractivity contribution is 6.09. The van der Waals surface area contributed by atoms with Crippen molar-refractivity contribution in [3.63, 3.8) is 0 Å². The van der Waals surface area contributed by atoms with Crippen molar-refractivity contribution in [1.82, 2.24) is 20.9 Å². The number of amides is 5. The molecule has 0 bridgehead atoms. The van der Waals surface area contributed by atoms with Gasteiger partial charge in [-0.2, -0.15) is 0 Å². The van der Waals surface area contributed by atoms with Crippen LogP contribution in [0.3, 0.4) is 0 Å². The fraction of sp³-hybridized carbons (Fsp3) is 0.444. The van der Waals surface area contributed by atoms with Gasteiger partial charge in [-0.1, -0.05) is 26.0 Å². The lowest BCUT2D eigenvalue weighted by molar-refractivity contribution is -0.135. The molecule has 0 spiro atoms. The van der Waals surface area contributed by atoms with E-state index >= 15 is 0 Å². The number of hydrogen-bond acceptors (Lipinski definition) is 4. The minimum absolute atomic E-state index is 0.237. The maximum atomic E-state index is 13.2. The predicted molar refractivity (Wildman–Crippen MR) is 94.9 cm³/mol. The smallest absolute Gasteiger partial charge is 0.325 e. The molecule has 1 aromatic carbocycles. The lowest BCUT2D eigenvalue weighted by Crippen LogP contribution is -2.46. The van der Waals surface area contributed by atoms with Crippen LogP contribution in [0.25, 0.3) is 0 Å². The number of nitrogens with one attached hydrogen (secondary N) is 3. The number of carbonyl (C=O) groups excluding carboxylic acids is 4. The Bertz CT molecular complexity index is 737. The summed E-state index contributed by atoms with van der Waals surface area (Å²) in [7, 11) is 0. The molecule has 1 aromatic rings. The highest BCUT2D eigenvalue weighted by Crippen LogP contribution is 2.32. The first kappa shape index (κ1) is 20.3. The first-order valence-electron chi connectivity index (χ1n) is 8.77. The molecule has 1 heterocycles. The van der Waals surface area contributed by atoms with E-state index < -0.39 is 35.7 Å². The summed E-state index contributed by atoms with van der Waals surface area (Å²) in [6.07, 6.45) is 1.01. The van der Waals surface area contributed by atoms with Crippen LogP contribution < -0.4 is 16.0 Å². The van der Waals surface area contributed by atoms with E-state index in [0.29, 0.717) is 12.1 Å². The molecule has 1 fully saturated rings. The minimum atomic E-state index is -1.34. The van der Waals surface area contributed by atoms with Gasteiger partial charge in [0.1, 0.15) is 17.9 Å². The van der Waals surface area contributed by atoms with E-state index in [4.69, 9.17) is 0 Å². The molecule has 0 aliphatic carbocycles. The van der Waals surface area contributed by atoms with Gasteiger partial charge in [0, 0.05) is 6.54 Å². The van der Waals surface area contributed by atoms with Gasteiger partial charge in [-0.15, -0.1) is 0 Å². The molecule has 3 N–H and O–H groups in total. The van der Waals surface area contributed by atoms with Gasteiger partial charge in [0.2, 0.25) is 11.8 Å². The van der Waals surface area contributed by atoms with E-state index in [1.807, 2.05) is 6.92 Å². The number of imide groups is 1. The van der Waals surface area contributed by atoms with E-state index in [2.05, 4.69) is 16.0 Å². The minimum Gasteiger partial charge on any atom is -0.355 e. The second-order valence-corrected chi connectivity index (χ2v) is 6.21. The average Bonchev–Trinajstić information content (AvgIpc) is 2.90. The van der Waals surface area contributed by atoms with Crippen molar-refractivity contribution in [3.05, 3.63) is 35.6 Å². The summed E-state index contributed by atoms with van der Waals surface area (Å²) in [6.45, 7) is 3.37. The van der Waals surface area contributed by atoms with Crippen LogP contribution in [0, 0.1) is 5.82 Å². The van der Waals surface area contributed by atoms with E-state index in [-0.39, 0.29) is 18.9 Å². The van der Waals surface area contributed by atoms with Crippen molar-refractivity contribution in [2.45, 2.75) is 32.2 Å². The fourth-order valence-electron chi connectivity index (χ4n) is 2.85. The van der Waals surface area contributed by atoms with Crippen LogP contribution in [0.1, 0.15) is 32.3 Å². The molecular formula is C18H23FN4O4. The molecule has 146 valence electrons. The number of halogens is 1. The van der Waals surface area contributed by atoms with E-state index in [1.54, 1.807) is 6.92 Å². The summed E-state index contributed by atoms with van der Waals surface area (Å²) in [5.41, 5.74) is -0.907. The van der Waals surface area contributed by atoms with Crippen LogP contribution >= 0.6 is 0 Å². The molecule has 1 aliphatic rings. The number of rotatable bonds is 8. The van der Waals surface area contributed by atoms with Crippen molar-refractivity contribution in [3.8, 4) is 0 Å². The number of carbonyl (C=O) groups is 4. The molecule has 1 atom stereocenters. The zero-order valence-corrected chi connectivity index (χ0v) is 15.3. The zero-order chi connectivity index (χ0) is 20.0. The van der Waals surface area contributed by atoms with Gasteiger partial charge in [0.05, 0.1) is 6.54 Å². The van der Waals surface area contributed by atoms with Crippen molar-refractivity contribution in [2.24, 2.45) is 0 Å². The molecule has 5 amide bonds. The van der Waals surface area contributed by atoms with Crippen LogP contribution in [0.2, 0.25) is 0 Å². The standard InChI is InChI=1S/C18H23FN4O4/c1-3-9-20-14(24)10-21-15(25)11-23-16(26)18(4-2,22-17(23)27)12-5-7-13(19)8-6-12/h5-8H,3-4,9-11H2,1-2H3,(H,20,24)(H,21,25)(H,22,27)/t18-/m1/s1. The fourth-order valence-corrected chi connectivity index (χ4v) is 2.85.